The van der Waals surface area contributed by atoms with Gasteiger partial charge in [0.2, 0.25) is 0 Å². The largest absolute Gasteiger partial charge is 0.393 e. The van der Waals surface area contributed by atoms with Gasteiger partial charge in [-0.1, -0.05) is 38.1 Å². The molecule has 1 aromatic rings. The van der Waals surface area contributed by atoms with Gasteiger partial charge >= 0.3 is 0 Å². The Morgan fingerprint density at radius 1 is 1.17 bits per heavy atom. The van der Waals surface area contributed by atoms with Crippen LogP contribution in [0.2, 0.25) is 0 Å². The summed E-state index contributed by atoms with van der Waals surface area (Å²) in [5.41, 5.74) is 2.75. The first-order chi connectivity index (χ1) is 8.54. The molecule has 0 amide bonds. The number of hydrogen-bond donors (Lipinski definition) is 2. The summed E-state index contributed by atoms with van der Waals surface area (Å²) < 4.78 is 0. The number of rotatable bonds is 5. The molecule has 0 aliphatic heterocycles. The lowest BCUT2D eigenvalue weighted by molar-refractivity contribution is 0.0586. The van der Waals surface area contributed by atoms with Crippen LogP contribution in [0.3, 0.4) is 0 Å². The van der Waals surface area contributed by atoms with Crippen molar-refractivity contribution in [3.8, 4) is 0 Å². The molecule has 0 radical (unpaired) electrons. The highest BCUT2D eigenvalue weighted by atomic mass is 16.3. The van der Waals surface area contributed by atoms with Gasteiger partial charge in [0.15, 0.2) is 0 Å². The average molecular weight is 247 g/mol. The first-order valence-corrected chi connectivity index (χ1v) is 7.07. The topological polar surface area (TPSA) is 32.3 Å². The van der Waals surface area contributed by atoms with Crippen molar-refractivity contribution in [3.05, 3.63) is 35.4 Å². The highest BCUT2D eigenvalue weighted by Crippen LogP contribution is 2.23. The number of hydrogen-bond acceptors (Lipinski definition) is 2. The Bertz CT molecular complexity index is 365. The van der Waals surface area contributed by atoms with E-state index in [4.69, 9.17) is 0 Å². The number of benzene rings is 1. The van der Waals surface area contributed by atoms with Crippen LogP contribution >= 0.6 is 0 Å². The van der Waals surface area contributed by atoms with Crippen LogP contribution in [-0.2, 0) is 6.42 Å². The SMILES string of the molecule is CC(C)Cc1ccc(C(C)NC2CC(O)C2)cc1. The Labute approximate surface area is 110 Å². The quantitative estimate of drug-likeness (QED) is 0.838. The van der Waals surface area contributed by atoms with Gasteiger partial charge < -0.3 is 10.4 Å². The second kappa shape index (κ2) is 5.85. The molecule has 1 aliphatic carbocycles. The van der Waals surface area contributed by atoms with Gasteiger partial charge in [0.25, 0.3) is 0 Å². The summed E-state index contributed by atoms with van der Waals surface area (Å²) >= 11 is 0. The molecule has 18 heavy (non-hydrogen) atoms. The molecular weight excluding hydrogens is 222 g/mol. The Balaban J connectivity index is 1.88. The minimum Gasteiger partial charge on any atom is -0.393 e. The van der Waals surface area contributed by atoms with Crippen molar-refractivity contribution in [2.24, 2.45) is 5.92 Å². The van der Waals surface area contributed by atoms with E-state index in [1.165, 1.54) is 11.1 Å². The third-order valence-electron chi connectivity index (χ3n) is 3.72. The zero-order valence-electron chi connectivity index (χ0n) is 11.7. The van der Waals surface area contributed by atoms with E-state index in [0.717, 1.165) is 19.3 Å². The van der Waals surface area contributed by atoms with E-state index in [2.05, 4.69) is 50.4 Å². The van der Waals surface area contributed by atoms with E-state index in [9.17, 15) is 5.11 Å². The Morgan fingerprint density at radius 3 is 2.28 bits per heavy atom. The van der Waals surface area contributed by atoms with Crippen LogP contribution in [0.1, 0.15) is 50.8 Å². The maximum Gasteiger partial charge on any atom is 0.0570 e. The highest BCUT2D eigenvalue weighted by Gasteiger charge is 2.27. The third kappa shape index (κ3) is 3.56. The van der Waals surface area contributed by atoms with E-state index in [0.29, 0.717) is 18.0 Å². The minimum absolute atomic E-state index is 0.0804. The van der Waals surface area contributed by atoms with E-state index in [1.807, 2.05) is 0 Å². The van der Waals surface area contributed by atoms with Crippen LogP contribution < -0.4 is 5.32 Å². The fraction of sp³-hybridized carbons (Fsp3) is 0.625. The van der Waals surface area contributed by atoms with Gasteiger partial charge in [0.05, 0.1) is 6.10 Å². The molecule has 2 heteroatoms. The number of nitrogens with one attached hydrogen (secondary N) is 1. The van der Waals surface area contributed by atoms with Crippen LogP contribution in [0.25, 0.3) is 0 Å². The third-order valence-corrected chi connectivity index (χ3v) is 3.72. The Morgan fingerprint density at radius 2 is 1.78 bits per heavy atom. The molecule has 1 unspecified atom stereocenters. The monoisotopic (exact) mass is 247 g/mol. The molecule has 1 aliphatic rings. The summed E-state index contributed by atoms with van der Waals surface area (Å²) in [4.78, 5) is 0. The summed E-state index contributed by atoms with van der Waals surface area (Å²) in [6.45, 7) is 6.70. The van der Waals surface area contributed by atoms with Gasteiger partial charge in [-0.2, -0.15) is 0 Å². The number of aliphatic hydroxyl groups is 1. The second-order valence-corrected chi connectivity index (χ2v) is 6.05. The maximum atomic E-state index is 9.28. The maximum absolute atomic E-state index is 9.28. The van der Waals surface area contributed by atoms with Gasteiger partial charge in [0.1, 0.15) is 0 Å². The number of aliphatic hydroxyl groups excluding tert-OH is 1. The van der Waals surface area contributed by atoms with Crippen LogP contribution in [-0.4, -0.2) is 17.3 Å². The molecule has 0 saturated heterocycles. The summed E-state index contributed by atoms with van der Waals surface area (Å²) in [6, 6.07) is 9.79. The summed E-state index contributed by atoms with van der Waals surface area (Å²) in [6.07, 6.45) is 2.87. The van der Waals surface area contributed by atoms with Crippen molar-refractivity contribution in [1.82, 2.24) is 5.32 Å². The Kier molecular flexibility index (Phi) is 4.41. The molecule has 1 fully saturated rings. The normalized spacial score (nSPS) is 24.9. The fourth-order valence-electron chi connectivity index (χ4n) is 2.59. The second-order valence-electron chi connectivity index (χ2n) is 6.05. The lowest BCUT2D eigenvalue weighted by Gasteiger charge is -2.34. The van der Waals surface area contributed by atoms with Crippen molar-refractivity contribution in [3.63, 3.8) is 0 Å². The van der Waals surface area contributed by atoms with Gasteiger partial charge in [-0.15, -0.1) is 0 Å². The van der Waals surface area contributed by atoms with E-state index in [1.54, 1.807) is 0 Å². The zero-order chi connectivity index (χ0) is 13.1. The van der Waals surface area contributed by atoms with E-state index < -0.39 is 0 Å². The van der Waals surface area contributed by atoms with Crippen LogP contribution in [0.15, 0.2) is 24.3 Å². The predicted octanol–water partition coefficient (Wildman–Crippen LogP) is 3.06. The van der Waals surface area contributed by atoms with Crippen molar-refractivity contribution >= 4 is 0 Å². The van der Waals surface area contributed by atoms with Gasteiger partial charge in [0, 0.05) is 12.1 Å². The van der Waals surface area contributed by atoms with Crippen LogP contribution in [0, 0.1) is 5.92 Å². The molecule has 0 aromatic heterocycles. The predicted molar refractivity (Wildman–Crippen MR) is 75.6 cm³/mol. The Hall–Kier alpha value is -0.860. The molecular formula is C16H25NO. The standard InChI is InChI=1S/C16H25NO/c1-11(2)8-13-4-6-14(7-5-13)12(3)17-15-9-16(18)10-15/h4-7,11-12,15-18H,8-10H2,1-3H3. The average Bonchev–Trinajstić information content (AvgIpc) is 2.27. The molecule has 0 bridgehead atoms. The molecule has 100 valence electrons. The smallest absolute Gasteiger partial charge is 0.0570 e. The van der Waals surface area contributed by atoms with Crippen LogP contribution in [0.4, 0.5) is 0 Å². The van der Waals surface area contributed by atoms with Crippen LogP contribution in [0.5, 0.6) is 0 Å². The van der Waals surface area contributed by atoms with Gasteiger partial charge in [-0.25, -0.2) is 0 Å². The van der Waals surface area contributed by atoms with Crippen molar-refractivity contribution in [2.45, 2.75) is 58.2 Å². The first kappa shape index (κ1) is 13.6. The summed E-state index contributed by atoms with van der Waals surface area (Å²) in [5, 5.41) is 12.8. The van der Waals surface area contributed by atoms with Crippen molar-refractivity contribution in [2.75, 3.05) is 0 Å². The fourth-order valence-corrected chi connectivity index (χ4v) is 2.59. The molecule has 0 spiro atoms. The molecule has 0 heterocycles. The van der Waals surface area contributed by atoms with Gasteiger partial charge in [-0.3, -0.25) is 0 Å². The molecule has 1 atom stereocenters. The highest BCUT2D eigenvalue weighted by molar-refractivity contribution is 5.25. The zero-order valence-corrected chi connectivity index (χ0v) is 11.7. The van der Waals surface area contributed by atoms with E-state index in [-0.39, 0.29) is 6.10 Å². The van der Waals surface area contributed by atoms with Crippen molar-refractivity contribution in [1.29, 1.82) is 0 Å². The molecule has 1 saturated carbocycles. The lowest BCUT2D eigenvalue weighted by Crippen LogP contribution is -2.45. The lowest BCUT2D eigenvalue weighted by atomic mass is 9.88. The molecule has 2 nitrogen and oxygen atoms in total. The minimum atomic E-state index is -0.0804. The molecule has 2 N–H and O–H groups in total. The first-order valence-electron chi connectivity index (χ1n) is 7.07. The molecule has 1 aromatic carbocycles. The summed E-state index contributed by atoms with van der Waals surface area (Å²) in [7, 11) is 0. The molecule has 2 rings (SSSR count). The van der Waals surface area contributed by atoms with E-state index >= 15 is 0 Å². The van der Waals surface area contributed by atoms with Crippen molar-refractivity contribution < 1.29 is 5.11 Å². The summed E-state index contributed by atoms with van der Waals surface area (Å²) in [5.74, 6) is 0.711. The van der Waals surface area contributed by atoms with Gasteiger partial charge in [-0.05, 0) is 43.2 Å².